The lowest BCUT2D eigenvalue weighted by Gasteiger charge is -2.08. The van der Waals surface area contributed by atoms with E-state index in [-0.39, 0.29) is 12.4 Å². The molecule has 0 heterocycles. The number of hydrogen-bond donors (Lipinski definition) is 2. The summed E-state index contributed by atoms with van der Waals surface area (Å²) in [6.45, 7) is -0.326. The van der Waals surface area contributed by atoms with Crippen molar-refractivity contribution in [1.29, 1.82) is 0 Å². The Labute approximate surface area is 108 Å². The maximum atomic E-state index is 11.2. The van der Waals surface area contributed by atoms with Crippen LogP contribution in [0.4, 0.5) is 4.79 Å². The average molecular weight is 277 g/mol. The Morgan fingerprint density at radius 3 is 2.71 bits per heavy atom. The summed E-state index contributed by atoms with van der Waals surface area (Å²) in [5, 5.41) is 5.06. The van der Waals surface area contributed by atoms with E-state index < -0.39 is 11.9 Å². The highest BCUT2D eigenvalue weighted by molar-refractivity contribution is 6.34. The van der Waals surface area contributed by atoms with Gasteiger partial charge in [-0.05, 0) is 12.1 Å². The van der Waals surface area contributed by atoms with Gasteiger partial charge in [0.15, 0.2) is 6.61 Å². The Balaban J connectivity index is 2.53. The number of amides is 3. The number of hydrogen-bond acceptors (Lipinski definition) is 3. The largest absolute Gasteiger partial charge is 0.482 e. The van der Waals surface area contributed by atoms with E-state index in [0.717, 1.165) is 0 Å². The molecule has 0 radical (unpaired) electrons. The van der Waals surface area contributed by atoms with Gasteiger partial charge in [0, 0.05) is 18.1 Å². The molecule has 0 spiro atoms. The third kappa shape index (κ3) is 4.50. The Bertz CT molecular complexity index is 438. The van der Waals surface area contributed by atoms with Crippen molar-refractivity contribution >= 4 is 35.1 Å². The van der Waals surface area contributed by atoms with E-state index in [9.17, 15) is 9.59 Å². The number of urea groups is 1. The van der Waals surface area contributed by atoms with E-state index >= 15 is 0 Å². The first-order valence-corrected chi connectivity index (χ1v) is 5.38. The Hall–Kier alpha value is -1.46. The summed E-state index contributed by atoms with van der Waals surface area (Å²) in [6.07, 6.45) is 0. The van der Waals surface area contributed by atoms with Crippen molar-refractivity contribution in [3.8, 4) is 5.75 Å². The topological polar surface area (TPSA) is 67.4 Å². The number of ether oxygens (including phenoxy) is 1. The lowest BCUT2D eigenvalue weighted by molar-refractivity contribution is -0.121. The van der Waals surface area contributed by atoms with Gasteiger partial charge < -0.3 is 10.1 Å². The summed E-state index contributed by atoms with van der Waals surface area (Å²) in [4.78, 5) is 22.0. The molecule has 0 bridgehead atoms. The van der Waals surface area contributed by atoms with Crippen LogP contribution in [-0.4, -0.2) is 25.6 Å². The summed E-state index contributed by atoms with van der Waals surface area (Å²) < 4.78 is 5.12. The van der Waals surface area contributed by atoms with Crippen LogP contribution in [0.1, 0.15) is 0 Å². The third-order valence-corrected chi connectivity index (χ3v) is 2.28. The molecule has 0 aliphatic carbocycles. The van der Waals surface area contributed by atoms with Crippen LogP contribution in [0.15, 0.2) is 18.2 Å². The van der Waals surface area contributed by atoms with Crippen LogP contribution < -0.4 is 15.4 Å². The number of halogens is 2. The molecule has 0 saturated heterocycles. The van der Waals surface area contributed by atoms with Crippen molar-refractivity contribution in [2.45, 2.75) is 0 Å². The maximum absolute atomic E-state index is 11.2. The van der Waals surface area contributed by atoms with Crippen LogP contribution in [0.2, 0.25) is 10.0 Å². The SMILES string of the molecule is CNC(=O)NC(=O)COc1cc(Cl)ccc1Cl. The molecule has 0 atom stereocenters. The van der Waals surface area contributed by atoms with Gasteiger partial charge in [-0.3, -0.25) is 10.1 Å². The maximum Gasteiger partial charge on any atom is 0.321 e. The number of nitrogens with one attached hydrogen (secondary N) is 2. The monoisotopic (exact) mass is 276 g/mol. The van der Waals surface area contributed by atoms with Gasteiger partial charge in [-0.1, -0.05) is 23.2 Å². The van der Waals surface area contributed by atoms with Gasteiger partial charge in [0.25, 0.3) is 5.91 Å². The van der Waals surface area contributed by atoms with Crippen molar-refractivity contribution < 1.29 is 14.3 Å². The molecule has 0 aromatic heterocycles. The van der Waals surface area contributed by atoms with Gasteiger partial charge in [0.2, 0.25) is 0 Å². The Morgan fingerprint density at radius 2 is 2.06 bits per heavy atom. The van der Waals surface area contributed by atoms with Gasteiger partial charge in [-0.25, -0.2) is 4.79 Å². The quantitative estimate of drug-likeness (QED) is 0.885. The molecule has 0 aliphatic heterocycles. The Kier molecular flexibility index (Phi) is 5.06. The van der Waals surface area contributed by atoms with E-state index in [1.165, 1.54) is 13.1 Å². The molecule has 2 N–H and O–H groups in total. The first-order valence-electron chi connectivity index (χ1n) is 4.62. The van der Waals surface area contributed by atoms with Crippen LogP contribution in [0, 0.1) is 0 Å². The highest BCUT2D eigenvalue weighted by Gasteiger charge is 2.08. The summed E-state index contributed by atoms with van der Waals surface area (Å²) in [6, 6.07) is 4.03. The van der Waals surface area contributed by atoms with Crippen molar-refractivity contribution in [2.75, 3.05) is 13.7 Å². The van der Waals surface area contributed by atoms with Crippen LogP contribution in [0.3, 0.4) is 0 Å². The van der Waals surface area contributed by atoms with Gasteiger partial charge in [0.1, 0.15) is 5.75 Å². The molecular formula is C10H10Cl2N2O3. The lowest BCUT2D eigenvalue weighted by atomic mass is 10.3. The minimum atomic E-state index is -0.601. The molecule has 0 saturated carbocycles. The van der Waals surface area contributed by atoms with Crippen LogP contribution in [0.25, 0.3) is 0 Å². The number of carbonyl (C=O) groups is 2. The summed E-state index contributed by atoms with van der Waals surface area (Å²) in [5.41, 5.74) is 0. The molecular weight excluding hydrogens is 267 g/mol. The number of carbonyl (C=O) groups excluding carboxylic acids is 2. The van der Waals surface area contributed by atoms with E-state index in [4.69, 9.17) is 27.9 Å². The zero-order valence-electron chi connectivity index (χ0n) is 8.92. The van der Waals surface area contributed by atoms with E-state index in [1.54, 1.807) is 12.1 Å². The van der Waals surface area contributed by atoms with E-state index in [2.05, 4.69) is 5.32 Å². The second-order valence-corrected chi connectivity index (χ2v) is 3.83. The molecule has 17 heavy (non-hydrogen) atoms. The third-order valence-electron chi connectivity index (χ3n) is 1.73. The molecule has 3 amide bonds. The number of imide groups is 1. The van der Waals surface area contributed by atoms with Gasteiger partial charge in [0.05, 0.1) is 5.02 Å². The van der Waals surface area contributed by atoms with Crippen molar-refractivity contribution in [3.63, 3.8) is 0 Å². The van der Waals surface area contributed by atoms with Gasteiger partial charge in [-0.15, -0.1) is 0 Å². The lowest BCUT2D eigenvalue weighted by Crippen LogP contribution is -2.39. The zero-order valence-corrected chi connectivity index (χ0v) is 10.4. The first kappa shape index (κ1) is 13.6. The molecule has 5 nitrogen and oxygen atoms in total. The minimum absolute atomic E-state index is 0.284. The number of benzene rings is 1. The van der Waals surface area contributed by atoms with Crippen LogP contribution in [-0.2, 0) is 4.79 Å². The van der Waals surface area contributed by atoms with Crippen LogP contribution in [0.5, 0.6) is 5.75 Å². The van der Waals surface area contributed by atoms with E-state index in [0.29, 0.717) is 10.0 Å². The fourth-order valence-corrected chi connectivity index (χ4v) is 1.29. The van der Waals surface area contributed by atoms with Gasteiger partial charge >= 0.3 is 6.03 Å². The smallest absolute Gasteiger partial charge is 0.321 e. The average Bonchev–Trinajstić information content (AvgIpc) is 2.30. The molecule has 0 fully saturated rings. The minimum Gasteiger partial charge on any atom is -0.482 e. The second-order valence-electron chi connectivity index (χ2n) is 2.99. The van der Waals surface area contributed by atoms with Crippen LogP contribution >= 0.6 is 23.2 Å². The van der Waals surface area contributed by atoms with Crippen molar-refractivity contribution in [2.24, 2.45) is 0 Å². The molecule has 1 aromatic rings. The normalized spacial score (nSPS) is 9.59. The standard InChI is InChI=1S/C10H10Cl2N2O3/c1-13-10(16)14-9(15)5-17-8-4-6(11)2-3-7(8)12/h2-4H,5H2,1H3,(H2,13,14,15,16). The predicted molar refractivity (Wildman–Crippen MR) is 64.6 cm³/mol. The summed E-state index contributed by atoms with van der Waals surface area (Å²) >= 11 is 11.6. The van der Waals surface area contributed by atoms with Gasteiger partial charge in [-0.2, -0.15) is 0 Å². The number of rotatable bonds is 3. The molecule has 1 rings (SSSR count). The van der Waals surface area contributed by atoms with E-state index in [1.807, 2.05) is 5.32 Å². The zero-order chi connectivity index (χ0) is 12.8. The summed E-state index contributed by atoms with van der Waals surface area (Å²) in [5.74, 6) is -0.299. The highest BCUT2D eigenvalue weighted by atomic mass is 35.5. The molecule has 0 aliphatic rings. The fourth-order valence-electron chi connectivity index (χ4n) is 0.956. The van der Waals surface area contributed by atoms with Crippen molar-refractivity contribution in [1.82, 2.24) is 10.6 Å². The first-order chi connectivity index (χ1) is 8.02. The molecule has 7 heteroatoms. The molecule has 1 aromatic carbocycles. The molecule has 92 valence electrons. The second kappa shape index (κ2) is 6.32. The highest BCUT2D eigenvalue weighted by Crippen LogP contribution is 2.27. The predicted octanol–water partition coefficient (Wildman–Crippen LogP) is 1.83. The Morgan fingerprint density at radius 1 is 1.35 bits per heavy atom. The summed E-state index contributed by atoms with van der Waals surface area (Å²) in [7, 11) is 1.40. The van der Waals surface area contributed by atoms with Crippen molar-refractivity contribution in [3.05, 3.63) is 28.2 Å². The molecule has 0 unspecified atom stereocenters. The fraction of sp³-hybridized carbons (Fsp3) is 0.200.